The molecule has 0 aromatic rings. The van der Waals surface area contributed by atoms with Gasteiger partial charge in [0, 0.05) is 0 Å². The topological polar surface area (TPSA) is 29.1 Å². The van der Waals surface area contributed by atoms with Crippen molar-refractivity contribution in [3.8, 4) is 0 Å². The van der Waals surface area contributed by atoms with E-state index in [1.54, 1.807) is 0 Å². The van der Waals surface area contributed by atoms with Crippen LogP contribution in [0.15, 0.2) is 0 Å². The highest BCUT2D eigenvalue weighted by atomic mass is 16.1. The van der Waals surface area contributed by atoms with Gasteiger partial charge < -0.3 is 10.1 Å². The van der Waals surface area contributed by atoms with Crippen LogP contribution in [-0.4, -0.2) is 18.9 Å². The lowest BCUT2D eigenvalue weighted by Crippen LogP contribution is -2.41. The zero-order valence-corrected chi connectivity index (χ0v) is 5.76. The van der Waals surface area contributed by atoms with Crippen LogP contribution < -0.4 is 5.32 Å². The van der Waals surface area contributed by atoms with Gasteiger partial charge in [0.1, 0.15) is 6.29 Å². The van der Waals surface area contributed by atoms with Gasteiger partial charge in [0.15, 0.2) is 0 Å². The van der Waals surface area contributed by atoms with Gasteiger partial charge >= 0.3 is 0 Å². The molecule has 1 fully saturated rings. The fraction of sp³-hybridized carbons (Fsp3) is 0.857. The van der Waals surface area contributed by atoms with Crippen LogP contribution in [0.1, 0.15) is 19.8 Å². The van der Waals surface area contributed by atoms with Crippen LogP contribution in [-0.2, 0) is 4.79 Å². The quantitative estimate of drug-likeness (QED) is 0.522. The van der Waals surface area contributed by atoms with E-state index in [-0.39, 0.29) is 6.04 Å². The van der Waals surface area contributed by atoms with Crippen molar-refractivity contribution in [3.05, 3.63) is 0 Å². The number of rotatable bonds is 1. The van der Waals surface area contributed by atoms with Crippen LogP contribution in [0.3, 0.4) is 0 Å². The van der Waals surface area contributed by atoms with E-state index < -0.39 is 0 Å². The number of nitrogens with one attached hydrogen (secondary N) is 1. The van der Waals surface area contributed by atoms with Gasteiger partial charge in [0.05, 0.1) is 6.04 Å². The number of carbonyl (C=O) groups is 1. The molecule has 0 spiro atoms. The van der Waals surface area contributed by atoms with E-state index in [1.165, 1.54) is 12.8 Å². The summed E-state index contributed by atoms with van der Waals surface area (Å²) in [6.07, 6.45) is 3.42. The molecule has 1 aliphatic rings. The molecule has 0 radical (unpaired) electrons. The number of hydrogen-bond donors (Lipinski definition) is 1. The molecular formula is C7H13NO. The van der Waals surface area contributed by atoms with E-state index in [4.69, 9.17) is 0 Å². The maximum atomic E-state index is 10.3. The standard InChI is InChI=1S/C7H13NO/c1-6-3-2-4-8-7(6)5-9/h5-8H,2-4H2,1H3. The summed E-state index contributed by atoms with van der Waals surface area (Å²) in [4.78, 5) is 10.3. The fourth-order valence-electron chi connectivity index (χ4n) is 1.26. The number of aldehydes is 1. The zero-order valence-electron chi connectivity index (χ0n) is 5.76. The third-order valence-electron chi connectivity index (χ3n) is 1.98. The predicted octanol–water partition coefficient (Wildman–Crippen LogP) is 0.573. The number of piperidine rings is 1. The SMILES string of the molecule is CC1CCCNC1C=O. The van der Waals surface area contributed by atoms with Gasteiger partial charge in [0.25, 0.3) is 0 Å². The Balaban J connectivity index is 2.38. The molecule has 2 atom stereocenters. The molecule has 2 unspecified atom stereocenters. The van der Waals surface area contributed by atoms with Gasteiger partial charge in [-0.3, -0.25) is 0 Å². The van der Waals surface area contributed by atoms with Gasteiger partial charge in [-0.25, -0.2) is 0 Å². The lowest BCUT2D eigenvalue weighted by Gasteiger charge is -2.25. The Morgan fingerprint density at radius 2 is 2.44 bits per heavy atom. The minimum atomic E-state index is 0.124. The molecule has 1 heterocycles. The van der Waals surface area contributed by atoms with Gasteiger partial charge in [-0.15, -0.1) is 0 Å². The van der Waals surface area contributed by atoms with Crippen LogP contribution >= 0.6 is 0 Å². The van der Waals surface area contributed by atoms with E-state index in [2.05, 4.69) is 12.2 Å². The van der Waals surface area contributed by atoms with Crippen LogP contribution in [0.4, 0.5) is 0 Å². The Hall–Kier alpha value is -0.370. The monoisotopic (exact) mass is 127 g/mol. The van der Waals surface area contributed by atoms with Gasteiger partial charge in [-0.2, -0.15) is 0 Å². The smallest absolute Gasteiger partial charge is 0.137 e. The minimum Gasteiger partial charge on any atom is -0.307 e. The first kappa shape index (κ1) is 6.75. The molecule has 2 nitrogen and oxygen atoms in total. The molecular weight excluding hydrogens is 114 g/mol. The van der Waals surface area contributed by atoms with Crippen molar-refractivity contribution in [2.24, 2.45) is 5.92 Å². The van der Waals surface area contributed by atoms with E-state index in [1.807, 2.05) is 0 Å². The van der Waals surface area contributed by atoms with Gasteiger partial charge in [-0.1, -0.05) is 6.92 Å². The summed E-state index contributed by atoms with van der Waals surface area (Å²) in [6.45, 7) is 3.12. The highest BCUT2D eigenvalue weighted by molar-refractivity contribution is 5.58. The third kappa shape index (κ3) is 1.52. The summed E-state index contributed by atoms with van der Waals surface area (Å²) < 4.78 is 0. The second kappa shape index (κ2) is 2.97. The van der Waals surface area contributed by atoms with Crippen LogP contribution in [0.25, 0.3) is 0 Å². The van der Waals surface area contributed by atoms with Crippen molar-refractivity contribution in [2.75, 3.05) is 6.54 Å². The summed E-state index contributed by atoms with van der Waals surface area (Å²) in [6, 6.07) is 0.124. The van der Waals surface area contributed by atoms with Crippen molar-refractivity contribution in [1.82, 2.24) is 5.32 Å². The van der Waals surface area contributed by atoms with Crippen LogP contribution in [0.2, 0.25) is 0 Å². The summed E-state index contributed by atoms with van der Waals surface area (Å²) in [5.74, 6) is 0.538. The fourth-order valence-corrected chi connectivity index (χ4v) is 1.26. The molecule has 52 valence electrons. The summed E-state index contributed by atoms with van der Waals surface area (Å²) in [7, 11) is 0. The summed E-state index contributed by atoms with van der Waals surface area (Å²) in [5, 5.41) is 3.15. The predicted molar refractivity (Wildman–Crippen MR) is 36.3 cm³/mol. The average Bonchev–Trinajstić information content (AvgIpc) is 1.89. The first-order valence-corrected chi connectivity index (χ1v) is 3.53. The van der Waals surface area contributed by atoms with Crippen molar-refractivity contribution in [1.29, 1.82) is 0 Å². The Bertz CT molecular complexity index is 103. The highest BCUT2D eigenvalue weighted by Crippen LogP contribution is 2.13. The van der Waals surface area contributed by atoms with Crippen molar-refractivity contribution in [3.63, 3.8) is 0 Å². The molecule has 0 aromatic heterocycles. The van der Waals surface area contributed by atoms with E-state index in [0.29, 0.717) is 5.92 Å². The van der Waals surface area contributed by atoms with Crippen molar-refractivity contribution >= 4 is 6.29 Å². The molecule has 1 saturated heterocycles. The maximum Gasteiger partial charge on any atom is 0.137 e. The third-order valence-corrected chi connectivity index (χ3v) is 1.98. The molecule has 2 heteroatoms. The van der Waals surface area contributed by atoms with Gasteiger partial charge in [-0.05, 0) is 25.3 Å². The second-order valence-corrected chi connectivity index (χ2v) is 2.74. The maximum absolute atomic E-state index is 10.3. The van der Waals surface area contributed by atoms with Gasteiger partial charge in [0.2, 0.25) is 0 Å². The largest absolute Gasteiger partial charge is 0.307 e. The zero-order chi connectivity index (χ0) is 6.69. The van der Waals surface area contributed by atoms with Crippen LogP contribution in [0.5, 0.6) is 0 Å². The molecule has 0 bridgehead atoms. The lowest BCUT2D eigenvalue weighted by molar-refractivity contribution is -0.111. The van der Waals surface area contributed by atoms with Crippen molar-refractivity contribution in [2.45, 2.75) is 25.8 Å². The molecule has 9 heavy (non-hydrogen) atoms. The van der Waals surface area contributed by atoms with E-state index >= 15 is 0 Å². The molecule has 0 saturated carbocycles. The van der Waals surface area contributed by atoms with Crippen molar-refractivity contribution < 1.29 is 4.79 Å². The average molecular weight is 127 g/mol. The lowest BCUT2D eigenvalue weighted by atomic mass is 9.94. The Labute approximate surface area is 55.6 Å². The summed E-state index contributed by atoms with van der Waals surface area (Å²) in [5.41, 5.74) is 0. The highest BCUT2D eigenvalue weighted by Gasteiger charge is 2.18. The normalized spacial score (nSPS) is 36.1. The Kier molecular flexibility index (Phi) is 2.22. The molecule has 1 aliphatic heterocycles. The first-order chi connectivity index (χ1) is 4.34. The molecule has 1 rings (SSSR count). The molecule has 0 aromatic carbocycles. The Morgan fingerprint density at radius 3 is 2.89 bits per heavy atom. The number of carbonyl (C=O) groups excluding carboxylic acids is 1. The molecule has 1 N–H and O–H groups in total. The first-order valence-electron chi connectivity index (χ1n) is 3.53. The van der Waals surface area contributed by atoms with Crippen LogP contribution in [0, 0.1) is 5.92 Å². The molecule has 0 aliphatic carbocycles. The van der Waals surface area contributed by atoms with E-state index in [9.17, 15) is 4.79 Å². The molecule has 0 amide bonds. The number of hydrogen-bond acceptors (Lipinski definition) is 2. The Morgan fingerprint density at radius 1 is 1.67 bits per heavy atom. The second-order valence-electron chi connectivity index (χ2n) is 2.74. The van der Waals surface area contributed by atoms with E-state index in [0.717, 1.165) is 12.8 Å². The minimum absolute atomic E-state index is 0.124. The summed E-state index contributed by atoms with van der Waals surface area (Å²) >= 11 is 0.